The normalized spacial score (nSPS) is 9.81. The fourth-order valence-electron chi connectivity index (χ4n) is 1.94. The summed E-state index contributed by atoms with van der Waals surface area (Å²) in [6.07, 6.45) is 4.93. The molecule has 32 heavy (non-hydrogen) atoms. The lowest BCUT2D eigenvalue weighted by Crippen LogP contribution is -1.85. The molecule has 1 rings (SSSR count). The Balaban J connectivity index is -0.000000165. The van der Waals surface area contributed by atoms with Gasteiger partial charge in [0.2, 0.25) is 0 Å². The van der Waals surface area contributed by atoms with Gasteiger partial charge in [-0.15, -0.1) is 6.58 Å². The Morgan fingerprint density at radius 2 is 1.09 bits per heavy atom. The van der Waals surface area contributed by atoms with E-state index in [2.05, 4.69) is 106 Å². The van der Waals surface area contributed by atoms with Crippen LogP contribution in [0.1, 0.15) is 113 Å². The molecule has 0 saturated heterocycles. The summed E-state index contributed by atoms with van der Waals surface area (Å²) in [4.78, 5) is 0. The molecule has 0 atom stereocenters. The quantitative estimate of drug-likeness (QED) is 0.303. The molecule has 186 valence electrons. The van der Waals surface area contributed by atoms with Crippen molar-refractivity contribution >= 4 is 0 Å². The fraction of sp³-hybridized carbons (Fsp3) is 0.562. The van der Waals surface area contributed by atoms with Crippen LogP contribution in [0.3, 0.4) is 0 Å². The van der Waals surface area contributed by atoms with Crippen molar-refractivity contribution in [3.05, 3.63) is 83.0 Å². The summed E-state index contributed by atoms with van der Waals surface area (Å²) in [5.74, 6) is 0.833. The zero-order chi connectivity index (χ0) is 26.3. The van der Waals surface area contributed by atoms with E-state index in [9.17, 15) is 0 Å². The van der Waals surface area contributed by atoms with E-state index < -0.39 is 0 Å². The van der Waals surface area contributed by atoms with Gasteiger partial charge in [-0.2, -0.15) is 0 Å². The number of allylic oxidation sites excluding steroid dienone is 5. The standard InChI is InChI=1S/C10H16.C9H12.C7H14.C4H10.C2H6/c1-7(2)9(5)10(6)8(3)4;1-3-9-6-4-8(2)5-7-9;1-4-5-6-7(2)3;1-4(2)3;1-2/h1,3H2,2,4-6H3;4-7H,3H2,1-2H3;2,4-6H2,1,3H3;4H,1-3H3;1-2H3/b10-9-;;;;. The highest BCUT2D eigenvalue weighted by Gasteiger charge is 1.96. The molecule has 0 aromatic heterocycles. The molecule has 0 bridgehead atoms. The van der Waals surface area contributed by atoms with Crippen molar-refractivity contribution in [2.75, 3.05) is 0 Å². The minimum atomic E-state index is 0.833. The number of unbranched alkanes of at least 4 members (excludes halogenated alkanes) is 1. The summed E-state index contributed by atoms with van der Waals surface area (Å²) in [5, 5.41) is 0. The Morgan fingerprint density at radius 1 is 0.750 bits per heavy atom. The highest BCUT2D eigenvalue weighted by molar-refractivity contribution is 5.38. The highest BCUT2D eigenvalue weighted by atomic mass is 14.0. The van der Waals surface area contributed by atoms with E-state index in [4.69, 9.17) is 0 Å². The predicted octanol–water partition coefficient (Wildman–Crippen LogP) is 11.5. The van der Waals surface area contributed by atoms with E-state index in [1.165, 1.54) is 47.1 Å². The number of rotatable bonds is 6. The van der Waals surface area contributed by atoms with Crippen molar-refractivity contribution in [3.63, 3.8) is 0 Å². The van der Waals surface area contributed by atoms with Crippen LogP contribution in [0, 0.1) is 12.8 Å². The van der Waals surface area contributed by atoms with Crippen LogP contribution in [0.5, 0.6) is 0 Å². The van der Waals surface area contributed by atoms with Crippen molar-refractivity contribution in [3.8, 4) is 0 Å². The van der Waals surface area contributed by atoms with E-state index in [0.29, 0.717) is 0 Å². The molecule has 0 amide bonds. The maximum absolute atomic E-state index is 3.86. The molecule has 0 heterocycles. The Kier molecular flexibility index (Phi) is 29.8. The van der Waals surface area contributed by atoms with E-state index in [1.54, 1.807) is 0 Å². The van der Waals surface area contributed by atoms with E-state index in [-0.39, 0.29) is 0 Å². The van der Waals surface area contributed by atoms with Gasteiger partial charge in [-0.25, -0.2) is 0 Å². The lowest BCUT2D eigenvalue weighted by Gasteiger charge is -2.05. The second-order valence-electron chi connectivity index (χ2n) is 8.94. The third-order valence-electron chi connectivity index (χ3n) is 4.33. The first-order valence-corrected chi connectivity index (χ1v) is 12.5. The molecule has 1 aromatic carbocycles. The second-order valence-corrected chi connectivity index (χ2v) is 8.94. The van der Waals surface area contributed by atoms with Gasteiger partial charge in [0.15, 0.2) is 0 Å². The molecular weight excluding hydrogens is 384 g/mol. The van der Waals surface area contributed by atoms with Gasteiger partial charge in [0.25, 0.3) is 0 Å². The van der Waals surface area contributed by atoms with Gasteiger partial charge in [-0.3, -0.25) is 0 Å². The molecule has 0 N–H and O–H groups in total. The molecule has 0 saturated carbocycles. The number of hydrogen-bond donors (Lipinski definition) is 0. The van der Waals surface area contributed by atoms with Crippen molar-refractivity contribution in [2.45, 2.75) is 116 Å². The third-order valence-corrected chi connectivity index (χ3v) is 4.33. The lowest BCUT2D eigenvalue weighted by atomic mass is 10.0. The van der Waals surface area contributed by atoms with Gasteiger partial charge in [0, 0.05) is 0 Å². The van der Waals surface area contributed by atoms with Crippen LogP contribution in [0.15, 0.2) is 71.9 Å². The smallest absolute Gasteiger partial charge is 0.0307 e. The summed E-state index contributed by atoms with van der Waals surface area (Å²) in [6.45, 7) is 38.8. The largest absolute Gasteiger partial charge is 0.100 e. The summed E-state index contributed by atoms with van der Waals surface area (Å²) in [5.41, 5.74) is 8.83. The SMILES string of the molecule is C=C(C)/C(C)=C(/C)C(=C)C.C=C(C)CCCC.CC.CC(C)C.CCc1ccc(C)cc1. The third kappa shape index (κ3) is 30.4. The molecule has 0 spiro atoms. The van der Waals surface area contributed by atoms with Crippen LogP contribution < -0.4 is 0 Å². The zero-order valence-corrected chi connectivity index (χ0v) is 24.3. The molecule has 0 aliphatic rings. The Labute approximate surface area is 204 Å². The summed E-state index contributed by atoms with van der Waals surface area (Å²) < 4.78 is 0. The predicted molar refractivity (Wildman–Crippen MR) is 155 cm³/mol. The number of benzene rings is 1. The van der Waals surface area contributed by atoms with Gasteiger partial charge in [0.05, 0.1) is 0 Å². The van der Waals surface area contributed by atoms with Gasteiger partial charge in [-0.05, 0) is 83.4 Å². The molecule has 0 nitrogen and oxygen atoms in total. The Hall–Kier alpha value is -1.82. The zero-order valence-electron chi connectivity index (χ0n) is 24.3. The average Bonchev–Trinajstić information content (AvgIpc) is 2.73. The lowest BCUT2D eigenvalue weighted by molar-refractivity contribution is 0.737. The molecule has 0 radical (unpaired) electrons. The first-order chi connectivity index (χ1) is 14.8. The maximum atomic E-state index is 3.86. The van der Waals surface area contributed by atoms with Gasteiger partial charge in [-0.1, -0.05) is 115 Å². The summed E-state index contributed by atoms with van der Waals surface area (Å²) >= 11 is 0. The van der Waals surface area contributed by atoms with Crippen LogP contribution in [0.25, 0.3) is 0 Å². The molecule has 0 fully saturated rings. The van der Waals surface area contributed by atoms with E-state index >= 15 is 0 Å². The van der Waals surface area contributed by atoms with Gasteiger partial charge in [0.1, 0.15) is 0 Å². The molecule has 0 heteroatoms. The molecular formula is C32H58. The Morgan fingerprint density at radius 3 is 1.28 bits per heavy atom. The highest BCUT2D eigenvalue weighted by Crippen LogP contribution is 2.16. The van der Waals surface area contributed by atoms with Crippen LogP contribution in [0.4, 0.5) is 0 Å². The molecule has 0 aliphatic heterocycles. The summed E-state index contributed by atoms with van der Waals surface area (Å²) in [6, 6.07) is 8.66. The van der Waals surface area contributed by atoms with Crippen molar-refractivity contribution in [1.29, 1.82) is 0 Å². The molecule has 1 aromatic rings. The first kappa shape index (κ1) is 37.5. The maximum Gasteiger partial charge on any atom is -0.0307 e. The minimum absolute atomic E-state index is 0.833. The number of hydrogen-bond acceptors (Lipinski definition) is 0. The van der Waals surface area contributed by atoms with E-state index in [0.717, 1.165) is 23.5 Å². The van der Waals surface area contributed by atoms with Crippen molar-refractivity contribution in [2.24, 2.45) is 5.92 Å². The van der Waals surface area contributed by atoms with Gasteiger partial charge < -0.3 is 0 Å². The van der Waals surface area contributed by atoms with Crippen molar-refractivity contribution < 1.29 is 0 Å². The minimum Gasteiger partial charge on any atom is -0.100 e. The second kappa shape index (κ2) is 25.4. The van der Waals surface area contributed by atoms with Gasteiger partial charge >= 0.3 is 0 Å². The average molecular weight is 443 g/mol. The molecule has 0 aliphatic carbocycles. The van der Waals surface area contributed by atoms with Crippen LogP contribution in [0.2, 0.25) is 0 Å². The van der Waals surface area contributed by atoms with Crippen molar-refractivity contribution in [1.82, 2.24) is 0 Å². The monoisotopic (exact) mass is 442 g/mol. The first-order valence-electron chi connectivity index (χ1n) is 12.5. The Bertz CT molecular complexity index is 596. The van der Waals surface area contributed by atoms with Crippen LogP contribution in [-0.2, 0) is 6.42 Å². The number of aryl methyl sites for hydroxylation is 2. The van der Waals surface area contributed by atoms with Crippen LogP contribution >= 0.6 is 0 Å². The topological polar surface area (TPSA) is 0 Å². The molecule has 0 unspecified atom stereocenters. The fourth-order valence-corrected chi connectivity index (χ4v) is 1.94. The van der Waals surface area contributed by atoms with Crippen LogP contribution in [-0.4, -0.2) is 0 Å². The van der Waals surface area contributed by atoms with E-state index in [1.807, 2.05) is 27.7 Å². The summed E-state index contributed by atoms with van der Waals surface area (Å²) in [7, 11) is 0.